The number of methoxy groups -OCH3 is 1. The van der Waals surface area contributed by atoms with Crippen LogP contribution in [0.5, 0.6) is 17.2 Å². The molecule has 186 valence electrons. The predicted molar refractivity (Wildman–Crippen MR) is 126 cm³/mol. The molecule has 0 amide bonds. The van der Waals surface area contributed by atoms with E-state index < -0.39 is 29.1 Å². The van der Waals surface area contributed by atoms with E-state index in [0.29, 0.717) is 11.1 Å². The van der Waals surface area contributed by atoms with Crippen molar-refractivity contribution >= 4 is 16.9 Å². The van der Waals surface area contributed by atoms with Gasteiger partial charge in [-0.2, -0.15) is 13.2 Å². The molecule has 0 unspecified atom stereocenters. The van der Waals surface area contributed by atoms with Crippen molar-refractivity contribution in [2.75, 3.05) is 7.11 Å². The largest absolute Gasteiger partial charge is 0.489 e. The van der Waals surface area contributed by atoms with Gasteiger partial charge < -0.3 is 18.6 Å². The van der Waals surface area contributed by atoms with Crippen LogP contribution in [0.25, 0.3) is 11.0 Å². The van der Waals surface area contributed by atoms with Crippen LogP contribution in [0.1, 0.15) is 32.8 Å². The maximum atomic E-state index is 13.8. The lowest BCUT2D eigenvalue weighted by atomic mass is 10.1. The van der Waals surface area contributed by atoms with Crippen LogP contribution in [-0.2, 0) is 17.5 Å². The number of hydrogen-bond donors (Lipinski definition) is 0. The molecule has 0 atom stereocenters. The summed E-state index contributed by atoms with van der Waals surface area (Å²) in [4.78, 5) is 24.5. The fourth-order valence-electron chi connectivity index (χ4n) is 3.66. The summed E-state index contributed by atoms with van der Waals surface area (Å²) in [6.07, 6.45) is -4.97. The smallest absolute Gasteiger partial charge is 0.453 e. The number of ether oxygens (including phenoxy) is 3. The molecule has 36 heavy (non-hydrogen) atoms. The van der Waals surface area contributed by atoms with Gasteiger partial charge in [0, 0.05) is 6.07 Å². The molecule has 0 fully saturated rings. The molecule has 0 aliphatic rings. The molecule has 0 bridgehead atoms. The van der Waals surface area contributed by atoms with Gasteiger partial charge in [-0.15, -0.1) is 0 Å². The molecule has 0 aliphatic carbocycles. The van der Waals surface area contributed by atoms with Crippen LogP contribution in [0.3, 0.4) is 0 Å². The van der Waals surface area contributed by atoms with Crippen LogP contribution in [0, 0.1) is 13.8 Å². The van der Waals surface area contributed by atoms with Crippen LogP contribution in [-0.4, -0.2) is 13.1 Å². The normalized spacial score (nSPS) is 11.4. The monoisotopic (exact) mass is 498 g/mol. The molecule has 4 aromatic rings. The van der Waals surface area contributed by atoms with Gasteiger partial charge in [-0.1, -0.05) is 18.2 Å². The minimum Gasteiger partial charge on any atom is -0.489 e. The third-order valence-corrected chi connectivity index (χ3v) is 5.28. The molecule has 6 nitrogen and oxygen atoms in total. The van der Waals surface area contributed by atoms with Crippen LogP contribution >= 0.6 is 0 Å². The summed E-state index contributed by atoms with van der Waals surface area (Å²) < 4.78 is 62.3. The second-order valence-corrected chi connectivity index (χ2v) is 8.15. The van der Waals surface area contributed by atoms with E-state index in [2.05, 4.69) is 4.74 Å². The average molecular weight is 498 g/mol. The molecule has 0 radical (unpaired) electrons. The van der Waals surface area contributed by atoms with Crippen molar-refractivity contribution in [1.29, 1.82) is 0 Å². The van der Waals surface area contributed by atoms with E-state index in [1.807, 2.05) is 6.07 Å². The van der Waals surface area contributed by atoms with Crippen molar-refractivity contribution in [2.45, 2.75) is 26.6 Å². The quantitative estimate of drug-likeness (QED) is 0.279. The summed E-state index contributed by atoms with van der Waals surface area (Å²) in [5, 5.41) is -0.0860. The third kappa shape index (κ3) is 5.35. The molecule has 0 N–H and O–H groups in total. The highest BCUT2D eigenvalue weighted by atomic mass is 19.4. The fourth-order valence-corrected chi connectivity index (χ4v) is 3.66. The number of aryl methyl sites for hydroxylation is 2. The highest BCUT2D eigenvalue weighted by molar-refractivity contribution is 5.89. The molecule has 0 spiro atoms. The van der Waals surface area contributed by atoms with Crippen molar-refractivity contribution < 1.29 is 36.6 Å². The zero-order valence-electron chi connectivity index (χ0n) is 19.6. The number of carbonyl (C=O) groups is 1. The van der Waals surface area contributed by atoms with Gasteiger partial charge in [-0.25, -0.2) is 4.79 Å². The Labute approximate surface area is 203 Å². The summed E-state index contributed by atoms with van der Waals surface area (Å²) in [5.41, 5.74) is 1.37. The first-order chi connectivity index (χ1) is 17.0. The first-order valence-electron chi connectivity index (χ1n) is 10.8. The van der Waals surface area contributed by atoms with Gasteiger partial charge in [-0.3, -0.25) is 4.79 Å². The molecule has 0 aliphatic heterocycles. The first kappa shape index (κ1) is 24.8. The fraction of sp³-hybridized carbons (Fsp3) is 0.185. The van der Waals surface area contributed by atoms with E-state index in [9.17, 15) is 22.8 Å². The van der Waals surface area contributed by atoms with E-state index in [4.69, 9.17) is 13.9 Å². The number of rotatable bonds is 6. The summed E-state index contributed by atoms with van der Waals surface area (Å²) >= 11 is 0. The number of benzene rings is 3. The summed E-state index contributed by atoms with van der Waals surface area (Å²) in [7, 11) is 1.28. The van der Waals surface area contributed by atoms with Crippen LogP contribution in [0.4, 0.5) is 13.2 Å². The lowest BCUT2D eigenvalue weighted by Gasteiger charge is -2.14. The number of hydrogen-bond acceptors (Lipinski definition) is 6. The lowest BCUT2D eigenvalue weighted by Crippen LogP contribution is -2.15. The second kappa shape index (κ2) is 9.77. The van der Waals surface area contributed by atoms with Gasteiger partial charge in [0.15, 0.2) is 0 Å². The summed E-state index contributed by atoms with van der Waals surface area (Å²) in [5.74, 6) is -2.65. The van der Waals surface area contributed by atoms with Crippen molar-refractivity contribution in [2.24, 2.45) is 0 Å². The molecular weight excluding hydrogens is 477 g/mol. The Kier molecular flexibility index (Phi) is 6.74. The van der Waals surface area contributed by atoms with Gasteiger partial charge in [0.2, 0.25) is 11.2 Å². The predicted octanol–water partition coefficient (Wildman–Crippen LogP) is 6.59. The number of carbonyl (C=O) groups excluding carboxylic acids is 1. The average Bonchev–Trinajstić information content (AvgIpc) is 2.82. The van der Waals surface area contributed by atoms with Crippen LogP contribution < -0.4 is 14.9 Å². The zero-order valence-corrected chi connectivity index (χ0v) is 19.6. The highest BCUT2D eigenvalue weighted by Gasteiger charge is 2.40. The number of esters is 1. The molecule has 0 saturated heterocycles. The Hall–Kier alpha value is -4.27. The molecule has 3 aromatic carbocycles. The molecule has 1 heterocycles. The molecule has 9 heteroatoms. The third-order valence-electron chi connectivity index (χ3n) is 5.28. The van der Waals surface area contributed by atoms with Crippen molar-refractivity contribution in [3.63, 3.8) is 0 Å². The molecule has 0 saturated carbocycles. The molecular formula is C27H21F3O6. The summed E-state index contributed by atoms with van der Waals surface area (Å²) in [6, 6.07) is 15.3. The van der Waals surface area contributed by atoms with E-state index >= 15 is 0 Å². The van der Waals surface area contributed by atoms with Gasteiger partial charge in [0.25, 0.3) is 5.76 Å². The number of alkyl halides is 3. The van der Waals surface area contributed by atoms with Gasteiger partial charge in [0.1, 0.15) is 23.7 Å². The first-order valence-corrected chi connectivity index (χ1v) is 10.8. The Morgan fingerprint density at radius 3 is 2.19 bits per heavy atom. The Morgan fingerprint density at radius 2 is 1.58 bits per heavy atom. The van der Waals surface area contributed by atoms with Crippen molar-refractivity contribution in [3.8, 4) is 17.2 Å². The summed E-state index contributed by atoms with van der Waals surface area (Å²) in [6.45, 7) is 3.60. The molecule has 4 rings (SSSR count). The second-order valence-electron chi connectivity index (χ2n) is 8.15. The van der Waals surface area contributed by atoms with Crippen LogP contribution in [0.15, 0.2) is 69.9 Å². The Morgan fingerprint density at radius 1 is 0.917 bits per heavy atom. The van der Waals surface area contributed by atoms with E-state index in [-0.39, 0.29) is 29.1 Å². The SMILES string of the molecule is COC(=O)c1ccc(COc2ccc3c(=O)c(Oc4cc(C)cc(C)c4)c(C(F)(F)F)oc3c2)cc1. The number of halogens is 3. The lowest BCUT2D eigenvalue weighted by molar-refractivity contribution is -0.154. The van der Waals surface area contributed by atoms with Gasteiger partial charge >= 0.3 is 12.1 Å². The Bertz CT molecular complexity index is 1470. The maximum Gasteiger partial charge on any atom is 0.453 e. The standard InChI is InChI=1S/C27H21F3O6/c1-15-10-16(2)12-20(11-15)35-24-23(31)21-9-8-19(13-22(21)36-25(24)27(28,29)30)34-14-17-4-6-18(7-5-17)26(32)33-3/h4-13H,14H2,1-3H3. The van der Waals surface area contributed by atoms with E-state index in [1.165, 1.54) is 37.4 Å². The van der Waals surface area contributed by atoms with Gasteiger partial charge in [0.05, 0.1) is 18.1 Å². The van der Waals surface area contributed by atoms with E-state index in [1.54, 1.807) is 38.1 Å². The molecule has 1 aromatic heterocycles. The maximum absolute atomic E-state index is 13.8. The topological polar surface area (TPSA) is 75.0 Å². The van der Waals surface area contributed by atoms with Crippen molar-refractivity contribution in [3.05, 3.63) is 98.9 Å². The van der Waals surface area contributed by atoms with E-state index in [0.717, 1.165) is 11.1 Å². The van der Waals surface area contributed by atoms with Gasteiger partial charge in [-0.05, 0) is 66.9 Å². The van der Waals surface area contributed by atoms with Crippen molar-refractivity contribution in [1.82, 2.24) is 0 Å². The zero-order chi connectivity index (χ0) is 26.0. The Balaban J connectivity index is 1.66. The van der Waals surface area contributed by atoms with Crippen LogP contribution in [0.2, 0.25) is 0 Å². The minimum absolute atomic E-state index is 0.0667. The highest BCUT2D eigenvalue weighted by Crippen LogP contribution is 2.39. The number of fused-ring (bicyclic) bond motifs is 1. The minimum atomic E-state index is -4.97.